The molecule has 6 nitrogen and oxygen atoms in total. The van der Waals surface area contributed by atoms with E-state index in [1.54, 1.807) is 6.08 Å². The summed E-state index contributed by atoms with van der Waals surface area (Å²) in [5.74, 6) is -0.395. The average Bonchev–Trinajstić information content (AvgIpc) is 2.50. The third-order valence-corrected chi connectivity index (χ3v) is 3.57. The number of Topliss-reactive ketones (excluding diaryl/α,β-unsaturated/α-hetero) is 1. The summed E-state index contributed by atoms with van der Waals surface area (Å²) in [5, 5.41) is 14.2. The number of hydrogen-bond donors (Lipinski definition) is 1. The predicted octanol–water partition coefficient (Wildman–Crippen LogP) is 3.18. The van der Waals surface area contributed by atoms with Crippen molar-refractivity contribution >= 4 is 29.0 Å². The molecule has 134 valence electrons. The van der Waals surface area contributed by atoms with Gasteiger partial charge in [0.05, 0.1) is 24.4 Å². The van der Waals surface area contributed by atoms with Gasteiger partial charge in [-0.1, -0.05) is 43.9 Å². The monoisotopic (exact) mass is 356 g/mol. The molecule has 1 rings (SSSR count). The molecule has 1 N–H and O–H groups in total. The molecule has 0 aromatic heterocycles. The lowest BCUT2D eigenvalue weighted by Gasteiger charge is -2.28. The minimum Gasteiger partial charge on any atom is -0.510 e. The van der Waals surface area contributed by atoms with Crippen LogP contribution >= 0.6 is 11.6 Å². The predicted molar refractivity (Wildman–Crippen MR) is 94.0 cm³/mol. The van der Waals surface area contributed by atoms with Crippen molar-refractivity contribution in [3.63, 3.8) is 0 Å². The van der Waals surface area contributed by atoms with Gasteiger partial charge >= 0.3 is 0 Å². The van der Waals surface area contributed by atoms with Gasteiger partial charge in [-0.2, -0.15) is 0 Å². The Hall–Kier alpha value is -1.82. The number of carbonyl (C=O) groups is 2. The first-order chi connectivity index (χ1) is 11.4. The SMILES string of the molecule is CCCC(=NOCC=CCl)C1=C(O)CN(C(=O)CC(C)C)CC1=O. The second kappa shape index (κ2) is 10.1. The Morgan fingerprint density at radius 3 is 2.71 bits per heavy atom. The number of aliphatic hydroxyl groups is 1. The molecule has 7 heteroatoms. The van der Waals surface area contributed by atoms with Crippen LogP contribution in [0.15, 0.2) is 28.1 Å². The summed E-state index contributed by atoms with van der Waals surface area (Å²) in [4.78, 5) is 31.0. The summed E-state index contributed by atoms with van der Waals surface area (Å²) in [7, 11) is 0. The maximum absolute atomic E-state index is 12.4. The molecule has 0 bridgehead atoms. The minimum absolute atomic E-state index is 0.0247. The number of halogens is 1. The lowest BCUT2D eigenvalue weighted by Crippen LogP contribution is -2.43. The van der Waals surface area contributed by atoms with Crippen molar-refractivity contribution in [1.29, 1.82) is 0 Å². The van der Waals surface area contributed by atoms with Crippen LogP contribution in [0.25, 0.3) is 0 Å². The second-order valence-corrected chi connectivity index (χ2v) is 6.29. The number of amides is 1. The summed E-state index contributed by atoms with van der Waals surface area (Å²) in [6, 6.07) is 0. The van der Waals surface area contributed by atoms with Crippen molar-refractivity contribution in [2.45, 2.75) is 40.0 Å². The number of hydrogen-bond acceptors (Lipinski definition) is 5. The molecule has 0 radical (unpaired) electrons. The summed E-state index contributed by atoms with van der Waals surface area (Å²) < 4.78 is 0. The molecule has 0 spiro atoms. The maximum atomic E-state index is 12.4. The highest BCUT2D eigenvalue weighted by Gasteiger charge is 2.31. The number of nitrogens with zero attached hydrogens (tertiary/aromatic N) is 2. The van der Waals surface area contributed by atoms with Crippen LogP contribution < -0.4 is 0 Å². The molecule has 0 aliphatic carbocycles. The van der Waals surface area contributed by atoms with Crippen LogP contribution in [0.3, 0.4) is 0 Å². The Kier molecular flexibility index (Phi) is 8.54. The van der Waals surface area contributed by atoms with Crippen molar-refractivity contribution in [3.8, 4) is 0 Å². The number of aliphatic hydroxyl groups excluding tert-OH is 1. The number of ketones is 1. The molecule has 24 heavy (non-hydrogen) atoms. The Morgan fingerprint density at radius 1 is 1.46 bits per heavy atom. The zero-order chi connectivity index (χ0) is 18.1. The van der Waals surface area contributed by atoms with Gasteiger partial charge in [-0.05, 0) is 18.4 Å². The standard InChI is InChI=1S/C17H25ClN2O4/c1-4-6-13(19-24-8-5-7-18)17-14(21)10-20(11-15(17)22)16(23)9-12(2)3/h5,7,12,21H,4,6,8-11H2,1-3H3. The van der Waals surface area contributed by atoms with E-state index in [0.717, 1.165) is 6.42 Å². The fraction of sp³-hybridized carbons (Fsp3) is 0.588. The van der Waals surface area contributed by atoms with Crippen molar-refractivity contribution in [2.24, 2.45) is 11.1 Å². The molecular formula is C17H25ClN2O4. The van der Waals surface area contributed by atoms with E-state index in [1.165, 1.54) is 10.4 Å². The van der Waals surface area contributed by atoms with Crippen molar-refractivity contribution < 1.29 is 19.5 Å². The van der Waals surface area contributed by atoms with Gasteiger partial charge in [0.1, 0.15) is 12.4 Å². The summed E-state index contributed by atoms with van der Waals surface area (Å²) in [6.07, 6.45) is 3.15. The first kappa shape index (κ1) is 20.2. The molecule has 1 amide bonds. The van der Waals surface area contributed by atoms with Crippen LogP contribution in [0.2, 0.25) is 0 Å². The molecule has 0 fully saturated rings. The largest absolute Gasteiger partial charge is 0.510 e. The lowest BCUT2D eigenvalue weighted by molar-refractivity contribution is -0.135. The first-order valence-corrected chi connectivity index (χ1v) is 8.51. The topological polar surface area (TPSA) is 79.2 Å². The molecule has 0 saturated heterocycles. The van der Waals surface area contributed by atoms with E-state index in [0.29, 0.717) is 18.6 Å². The Morgan fingerprint density at radius 2 is 2.17 bits per heavy atom. The van der Waals surface area contributed by atoms with Crippen LogP contribution in [0.4, 0.5) is 0 Å². The smallest absolute Gasteiger partial charge is 0.223 e. The quantitative estimate of drug-likeness (QED) is 0.411. The summed E-state index contributed by atoms with van der Waals surface area (Å²) in [5.41, 5.74) is 1.88. The van der Waals surface area contributed by atoms with Crippen LogP contribution in [0, 0.1) is 5.92 Å². The molecule has 0 aromatic rings. The molecule has 1 heterocycles. The van der Waals surface area contributed by atoms with Gasteiger partial charge in [-0.15, -0.1) is 0 Å². The molecule has 0 aromatic carbocycles. The Balaban J connectivity index is 2.94. The molecule has 0 atom stereocenters. The third kappa shape index (κ3) is 6.00. The third-order valence-electron chi connectivity index (χ3n) is 3.39. The number of rotatable bonds is 8. The molecule has 1 aliphatic rings. The van der Waals surface area contributed by atoms with Crippen molar-refractivity contribution in [3.05, 3.63) is 22.9 Å². The van der Waals surface area contributed by atoms with Crippen LogP contribution in [0.5, 0.6) is 0 Å². The molecule has 1 aliphatic heterocycles. The Bertz CT molecular complexity index is 553. The normalized spacial score (nSPS) is 16.5. The van der Waals surface area contributed by atoms with E-state index >= 15 is 0 Å². The molecule has 0 saturated carbocycles. The van der Waals surface area contributed by atoms with Gasteiger partial charge in [-0.3, -0.25) is 9.59 Å². The van der Waals surface area contributed by atoms with Crippen LogP contribution in [-0.4, -0.2) is 47.1 Å². The van der Waals surface area contributed by atoms with Crippen molar-refractivity contribution in [1.82, 2.24) is 4.90 Å². The van der Waals surface area contributed by atoms with Gasteiger partial charge in [0.25, 0.3) is 0 Å². The molecule has 0 unspecified atom stereocenters. The lowest BCUT2D eigenvalue weighted by atomic mass is 9.96. The van der Waals surface area contributed by atoms with E-state index in [1.807, 2.05) is 20.8 Å². The van der Waals surface area contributed by atoms with Gasteiger partial charge in [-0.25, -0.2) is 0 Å². The maximum Gasteiger partial charge on any atom is 0.223 e. The van der Waals surface area contributed by atoms with Crippen LogP contribution in [-0.2, 0) is 14.4 Å². The van der Waals surface area contributed by atoms with E-state index in [-0.39, 0.29) is 48.6 Å². The number of carbonyl (C=O) groups excluding carboxylic acids is 2. The van der Waals surface area contributed by atoms with Gasteiger partial charge in [0, 0.05) is 12.0 Å². The number of oxime groups is 1. The zero-order valence-corrected chi connectivity index (χ0v) is 15.2. The zero-order valence-electron chi connectivity index (χ0n) is 14.4. The van der Waals surface area contributed by atoms with Gasteiger partial charge in [0.15, 0.2) is 5.78 Å². The van der Waals surface area contributed by atoms with E-state index in [4.69, 9.17) is 16.4 Å². The fourth-order valence-corrected chi connectivity index (χ4v) is 2.43. The van der Waals surface area contributed by atoms with Crippen LogP contribution in [0.1, 0.15) is 40.0 Å². The average molecular weight is 357 g/mol. The highest BCUT2D eigenvalue weighted by atomic mass is 35.5. The fourth-order valence-electron chi connectivity index (χ4n) is 2.36. The Labute approximate surface area is 147 Å². The summed E-state index contributed by atoms with van der Waals surface area (Å²) >= 11 is 5.40. The second-order valence-electron chi connectivity index (χ2n) is 6.04. The van der Waals surface area contributed by atoms with E-state index in [9.17, 15) is 14.7 Å². The highest BCUT2D eigenvalue weighted by Crippen LogP contribution is 2.19. The van der Waals surface area contributed by atoms with Gasteiger partial charge < -0.3 is 14.8 Å². The van der Waals surface area contributed by atoms with E-state index in [2.05, 4.69) is 5.16 Å². The van der Waals surface area contributed by atoms with Gasteiger partial charge in [0.2, 0.25) is 5.91 Å². The van der Waals surface area contributed by atoms with Crippen molar-refractivity contribution in [2.75, 3.05) is 19.7 Å². The summed E-state index contributed by atoms with van der Waals surface area (Å²) in [6.45, 7) is 5.97. The minimum atomic E-state index is -0.320. The molecular weight excluding hydrogens is 332 g/mol. The first-order valence-electron chi connectivity index (χ1n) is 8.08. The van der Waals surface area contributed by atoms with E-state index < -0.39 is 0 Å². The highest BCUT2D eigenvalue weighted by molar-refractivity contribution is 6.25.